The van der Waals surface area contributed by atoms with Crippen molar-refractivity contribution in [2.75, 3.05) is 6.54 Å². The number of hydrogen-bond donors (Lipinski definition) is 0. The van der Waals surface area contributed by atoms with Crippen molar-refractivity contribution in [2.24, 2.45) is 0 Å². The molecule has 1 aliphatic heterocycles. The summed E-state index contributed by atoms with van der Waals surface area (Å²) in [5.74, 6) is -0.211. The van der Waals surface area contributed by atoms with E-state index < -0.39 is 0 Å². The van der Waals surface area contributed by atoms with Crippen LogP contribution in [0.25, 0.3) is 10.9 Å². The van der Waals surface area contributed by atoms with Crippen molar-refractivity contribution < 1.29 is 4.39 Å². The quantitative estimate of drug-likeness (QED) is 0.743. The standard InChI is InChI=1S/C17H18FN5/c18-16-6-5-13(17-15(16)4-1-7-20-17)9-22-8-2-3-14(22)10-23-12-19-11-21-23/h1,4-7,11-12,14H,2-3,8-10H2/t14-/m1/s1. The predicted octanol–water partition coefficient (Wildman–Crippen LogP) is 2.63. The lowest BCUT2D eigenvalue weighted by Gasteiger charge is -2.24. The third-order valence-corrected chi connectivity index (χ3v) is 4.54. The zero-order valence-electron chi connectivity index (χ0n) is 12.8. The molecule has 1 saturated heterocycles. The van der Waals surface area contributed by atoms with Crippen LogP contribution in [0.2, 0.25) is 0 Å². The third-order valence-electron chi connectivity index (χ3n) is 4.54. The molecule has 0 aliphatic carbocycles. The Bertz CT molecular complexity index is 802. The fourth-order valence-electron chi connectivity index (χ4n) is 3.40. The number of benzene rings is 1. The van der Waals surface area contributed by atoms with Gasteiger partial charge in [-0.3, -0.25) is 14.6 Å². The Balaban J connectivity index is 1.59. The van der Waals surface area contributed by atoms with E-state index in [9.17, 15) is 4.39 Å². The normalized spacial score (nSPS) is 18.7. The topological polar surface area (TPSA) is 46.8 Å². The Hall–Kier alpha value is -2.34. The van der Waals surface area contributed by atoms with E-state index >= 15 is 0 Å². The SMILES string of the molecule is Fc1ccc(CN2CCC[C@@H]2Cn2cncn2)c2ncccc12. The van der Waals surface area contributed by atoms with Crippen LogP contribution < -0.4 is 0 Å². The van der Waals surface area contributed by atoms with Crippen LogP contribution in [-0.4, -0.2) is 37.2 Å². The summed E-state index contributed by atoms with van der Waals surface area (Å²) in [5, 5.41) is 4.79. The lowest BCUT2D eigenvalue weighted by Crippen LogP contribution is -2.32. The monoisotopic (exact) mass is 311 g/mol. The highest BCUT2D eigenvalue weighted by atomic mass is 19.1. The molecular formula is C17H18FN5. The van der Waals surface area contributed by atoms with Gasteiger partial charge in [-0.25, -0.2) is 9.37 Å². The van der Waals surface area contributed by atoms with Gasteiger partial charge in [-0.1, -0.05) is 6.07 Å². The van der Waals surface area contributed by atoms with E-state index in [0.29, 0.717) is 11.4 Å². The fraction of sp³-hybridized carbons (Fsp3) is 0.353. The van der Waals surface area contributed by atoms with Gasteiger partial charge in [-0.05, 0) is 43.1 Å². The molecule has 4 rings (SSSR count). The first kappa shape index (κ1) is 14.3. The average Bonchev–Trinajstić information content (AvgIpc) is 3.23. The summed E-state index contributed by atoms with van der Waals surface area (Å²) >= 11 is 0. The first-order chi connectivity index (χ1) is 11.3. The zero-order valence-corrected chi connectivity index (χ0v) is 12.8. The molecule has 0 radical (unpaired) electrons. The molecule has 0 saturated carbocycles. The second-order valence-corrected chi connectivity index (χ2v) is 5.99. The minimum absolute atomic E-state index is 0.211. The van der Waals surface area contributed by atoms with E-state index in [2.05, 4.69) is 20.0 Å². The molecule has 1 atom stereocenters. The van der Waals surface area contributed by atoms with Crippen LogP contribution in [-0.2, 0) is 13.1 Å². The summed E-state index contributed by atoms with van der Waals surface area (Å²) in [4.78, 5) is 10.8. The van der Waals surface area contributed by atoms with Crippen molar-refractivity contribution in [2.45, 2.75) is 32.0 Å². The molecular weight excluding hydrogens is 293 g/mol. The number of rotatable bonds is 4. The summed E-state index contributed by atoms with van der Waals surface area (Å²) in [5.41, 5.74) is 1.84. The maximum absolute atomic E-state index is 13.9. The van der Waals surface area contributed by atoms with Crippen molar-refractivity contribution in [1.29, 1.82) is 0 Å². The third kappa shape index (κ3) is 2.82. The highest BCUT2D eigenvalue weighted by Gasteiger charge is 2.25. The van der Waals surface area contributed by atoms with Gasteiger partial charge < -0.3 is 0 Å². The summed E-state index contributed by atoms with van der Waals surface area (Å²) in [6.45, 7) is 2.67. The molecule has 0 spiro atoms. The van der Waals surface area contributed by atoms with Crippen LogP contribution in [0.3, 0.4) is 0 Å². The minimum atomic E-state index is -0.211. The fourth-order valence-corrected chi connectivity index (χ4v) is 3.40. The number of halogens is 1. The van der Waals surface area contributed by atoms with Crippen LogP contribution >= 0.6 is 0 Å². The minimum Gasteiger partial charge on any atom is -0.294 e. The zero-order chi connectivity index (χ0) is 15.6. The Morgan fingerprint density at radius 1 is 1.26 bits per heavy atom. The molecule has 0 N–H and O–H groups in total. The summed E-state index contributed by atoms with van der Waals surface area (Å²) in [6, 6.07) is 7.40. The van der Waals surface area contributed by atoms with Crippen LogP contribution in [0, 0.1) is 5.82 Å². The maximum atomic E-state index is 13.9. The van der Waals surface area contributed by atoms with Crippen LogP contribution in [0.5, 0.6) is 0 Å². The van der Waals surface area contributed by atoms with Crippen molar-refractivity contribution in [3.05, 3.63) is 54.5 Å². The first-order valence-electron chi connectivity index (χ1n) is 7.90. The van der Waals surface area contributed by atoms with E-state index in [1.54, 1.807) is 37.1 Å². The van der Waals surface area contributed by atoms with E-state index in [1.807, 2.05) is 10.7 Å². The smallest absolute Gasteiger partial charge is 0.137 e. The van der Waals surface area contributed by atoms with E-state index in [0.717, 1.165) is 37.1 Å². The highest BCUT2D eigenvalue weighted by Crippen LogP contribution is 2.25. The van der Waals surface area contributed by atoms with Gasteiger partial charge >= 0.3 is 0 Å². The average molecular weight is 311 g/mol. The molecule has 3 heterocycles. The van der Waals surface area contributed by atoms with Crippen LogP contribution in [0.1, 0.15) is 18.4 Å². The van der Waals surface area contributed by atoms with E-state index in [1.165, 1.54) is 6.42 Å². The molecule has 0 amide bonds. The second-order valence-electron chi connectivity index (χ2n) is 5.99. The number of fused-ring (bicyclic) bond motifs is 1. The summed E-state index contributed by atoms with van der Waals surface area (Å²) in [7, 11) is 0. The number of nitrogens with zero attached hydrogens (tertiary/aromatic N) is 5. The summed E-state index contributed by atoms with van der Waals surface area (Å²) < 4.78 is 15.8. The predicted molar refractivity (Wildman–Crippen MR) is 85.2 cm³/mol. The van der Waals surface area contributed by atoms with E-state index in [4.69, 9.17) is 0 Å². The molecule has 0 bridgehead atoms. The first-order valence-corrected chi connectivity index (χ1v) is 7.90. The van der Waals surface area contributed by atoms with Crippen molar-refractivity contribution >= 4 is 10.9 Å². The largest absolute Gasteiger partial charge is 0.294 e. The van der Waals surface area contributed by atoms with Crippen LogP contribution in [0.4, 0.5) is 4.39 Å². The Kier molecular flexibility index (Phi) is 3.75. The van der Waals surface area contributed by atoms with Gasteiger partial charge in [-0.15, -0.1) is 0 Å². The lowest BCUT2D eigenvalue weighted by atomic mass is 10.1. The molecule has 118 valence electrons. The Labute approximate surface area is 133 Å². The van der Waals surface area contributed by atoms with Crippen LogP contribution in [0.15, 0.2) is 43.1 Å². The van der Waals surface area contributed by atoms with Crippen molar-refractivity contribution in [3.63, 3.8) is 0 Å². The molecule has 1 aromatic carbocycles. The van der Waals surface area contributed by atoms with Gasteiger partial charge in [0.25, 0.3) is 0 Å². The highest BCUT2D eigenvalue weighted by molar-refractivity contribution is 5.82. The molecule has 2 aromatic heterocycles. The van der Waals surface area contributed by atoms with Gasteiger partial charge in [0.05, 0.1) is 12.1 Å². The van der Waals surface area contributed by atoms with Gasteiger partial charge in [0.1, 0.15) is 18.5 Å². The Morgan fingerprint density at radius 3 is 3.09 bits per heavy atom. The molecule has 23 heavy (non-hydrogen) atoms. The number of hydrogen-bond acceptors (Lipinski definition) is 4. The molecule has 0 unspecified atom stereocenters. The maximum Gasteiger partial charge on any atom is 0.137 e. The summed E-state index contributed by atoms with van der Waals surface area (Å²) in [6.07, 6.45) is 7.36. The number of aromatic nitrogens is 4. The van der Waals surface area contributed by atoms with Crippen molar-refractivity contribution in [1.82, 2.24) is 24.6 Å². The molecule has 1 aliphatic rings. The molecule has 6 heteroatoms. The van der Waals surface area contributed by atoms with Crippen molar-refractivity contribution in [3.8, 4) is 0 Å². The van der Waals surface area contributed by atoms with Gasteiger partial charge in [-0.2, -0.15) is 5.10 Å². The number of pyridine rings is 1. The Morgan fingerprint density at radius 2 is 2.22 bits per heavy atom. The lowest BCUT2D eigenvalue weighted by molar-refractivity contribution is 0.219. The second kappa shape index (κ2) is 6.04. The van der Waals surface area contributed by atoms with E-state index in [-0.39, 0.29) is 5.82 Å². The molecule has 1 fully saturated rings. The molecule has 3 aromatic rings. The molecule has 5 nitrogen and oxygen atoms in total. The number of likely N-dealkylation sites (tertiary alicyclic amines) is 1. The van der Waals surface area contributed by atoms with Gasteiger partial charge in [0.15, 0.2) is 0 Å². The van der Waals surface area contributed by atoms with Gasteiger partial charge in [0.2, 0.25) is 0 Å². The van der Waals surface area contributed by atoms with Gasteiger partial charge in [0, 0.05) is 24.2 Å².